The summed E-state index contributed by atoms with van der Waals surface area (Å²) in [6.45, 7) is 0.553. The molecule has 3 heterocycles. The molecule has 1 aliphatic rings. The van der Waals surface area contributed by atoms with Crippen LogP contribution in [-0.2, 0) is 23.8 Å². The number of aromatic nitrogens is 4. The van der Waals surface area contributed by atoms with Gasteiger partial charge >= 0.3 is 0 Å². The number of nitrogens with zero attached hydrogens (tertiary/aromatic N) is 4. The van der Waals surface area contributed by atoms with Crippen LogP contribution in [-0.4, -0.2) is 75.2 Å². The average Bonchev–Trinajstić information content (AvgIpc) is 3.12. The van der Waals surface area contributed by atoms with E-state index in [1.165, 1.54) is 13.3 Å². The Bertz CT molecular complexity index is 1050. The summed E-state index contributed by atoms with van der Waals surface area (Å²) in [5, 5.41) is 20.0. The smallest absolute Gasteiger partial charge is 0.264 e. The molecule has 148 valence electrons. The lowest BCUT2D eigenvalue weighted by Gasteiger charge is -2.20. The van der Waals surface area contributed by atoms with Crippen molar-refractivity contribution in [2.24, 2.45) is 4.99 Å². The van der Waals surface area contributed by atoms with Crippen LogP contribution in [0.3, 0.4) is 0 Å². The first-order valence-corrected chi connectivity index (χ1v) is 9.81. The van der Waals surface area contributed by atoms with E-state index in [1.54, 1.807) is 0 Å². The number of rotatable bonds is 4. The molecule has 0 unspecified atom stereocenters. The number of aromatic amines is 1. The van der Waals surface area contributed by atoms with E-state index in [1.807, 2.05) is 0 Å². The van der Waals surface area contributed by atoms with Crippen molar-refractivity contribution in [3.05, 3.63) is 17.1 Å². The molecule has 3 rings (SSSR count). The quantitative estimate of drug-likeness (QED) is 0.391. The zero-order valence-electron chi connectivity index (χ0n) is 14.1. The van der Waals surface area contributed by atoms with Gasteiger partial charge in [-0.05, 0) is 0 Å². The molecular formula is C13H16ClN5O7S. The second-order valence-electron chi connectivity index (χ2n) is 5.81. The number of nitrogens with one attached hydrogen (secondary N) is 1. The lowest BCUT2D eigenvalue weighted by atomic mass is 10.1. The number of aliphatic hydroxyl groups excluding tert-OH is 2. The molecule has 1 saturated heterocycles. The highest BCUT2D eigenvalue weighted by molar-refractivity contribution is 7.86. The summed E-state index contributed by atoms with van der Waals surface area (Å²) in [4.78, 5) is 26.0. The standard InChI is InChI=1S/C13H16ClN5O7S/c1-5(21)17-13-18-11-7(15-4-16-11)10(14)19(13)12-8(22)9(6(3-20)25-12)26-27(2,23)24/h4,6,8-9,12,20,22H,3H2,1-2H3,(H,15,16,17,18,21)/t6-,8-,9+,12-/m1/s1. The molecule has 4 atom stereocenters. The van der Waals surface area contributed by atoms with Gasteiger partial charge in [-0.1, -0.05) is 11.6 Å². The fourth-order valence-electron chi connectivity index (χ4n) is 2.73. The number of carbonyl (C=O) groups excluding carboxylic acids is 1. The number of amides is 1. The van der Waals surface area contributed by atoms with Crippen molar-refractivity contribution in [3.63, 3.8) is 0 Å². The first-order valence-electron chi connectivity index (χ1n) is 7.61. The largest absolute Gasteiger partial charge is 0.394 e. The maximum absolute atomic E-state index is 11.5. The third kappa shape index (κ3) is 3.88. The van der Waals surface area contributed by atoms with Crippen LogP contribution in [0.2, 0.25) is 5.15 Å². The number of aliphatic hydroxyl groups is 2. The minimum absolute atomic E-state index is 0.0433. The van der Waals surface area contributed by atoms with Gasteiger partial charge in [0, 0.05) is 6.92 Å². The summed E-state index contributed by atoms with van der Waals surface area (Å²) in [6, 6.07) is 0. The van der Waals surface area contributed by atoms with E-state index in [-0.39, 0.29) is 21.9 Å². The van der Waals surface area contributed by atoms with Gasteiger partial charge in [0.1, 0.15) is 29.0 Å². The van der Waals surface area contributed by atoms with E-state index in [2.05, 4.69) is 19.9 Å². The molecule has 0 aliphatic carbocycles. The van der Waals surface area contributed by atoms with Crippen molar-refractivity contribution in [2.45, 2.75) is 31.5 Å². The van der Waals surface area contributed by atoms with Crippen LogP contribution in [0.4, 0.5) is 0 Å². The summed E-state index contributed by atoms with van der Waals surface area (Å²) >= 11 is 6.36. The third-order valence-corrected chi connectivity index (χ3v) is 4.69. The molecule has 2 aromatic rings. The zero-order valence-corrected chi connectivity index (χ0v) is 15.7. The number of hydrogen-bond donors (Lipinski definition) is 3. The Hall–Kier alpha value is -1.90. The molecule has 12 nitrogen and oxygen atoms in total. The average molecular weight is 422 g/mol. The molecule has 2 aromatic heterocycles. The molecule has 0 radical (unpaired) electrons. The van der Waals surface area contributed by atoms with E-state index >= 15 is 0 Å². The highest BCUT2D eigenvalue weighted by Gasteiger charge is 2.48. The Morgan fingerprint density at radius 1 is 1.56 bits per heavy atom. The fraction of sp³-hybridized carbons (Fsp3) is 0.538. The summed E-state index contributed by atoms with van der Waals surface area (Å²) in [5.74, 6) is -0.600. The number of ether oxygens (including phenoxy) is 1. The van der Waals surface area contributed by atoms with Crippen molar-refractivity contribution in [2.75, 3.05) is 12.9 Å². The van der Waals surface area contributed by atoms with Crippen molar-refractivity contribution in [3.8, 4) is 0 Å². The number of imidazole rings is 1. The number of carbonyl (C=O) groups is 1. The van der Waals surface area contributed by atoms with Crippen LogP contribution in [0.15, 0.2) is 11.3 Å². The Labute approximate surface area is 157 Å². The normalized spacial score (nSPS) is 26.8. The number of halogens is 1. The first kappa shape index (κ1) is 19.9. The van der Waals surface area contributed by atoms with Crippen LogP contribution in [0, 0.1) is 0 Å². The van der Waals surface area contributed by atoms with Crippen molar-refractivity contribution >= 4 is 38.8 Å². The topological polar surface area (TPSA) is 169 Å². The lowest BCUT2D eigenvalue weighted by Crippen LogP contribution is -2.39. The molecule has 1 fully saturated rings. The van der Waals surface area contributed by atoms with Crippen LogP contribution in [0.1, 0.15) is 13.2 Å². The maximum atomic E-state index is 11.5. The van der Waals surface area contributed by atoms with Gasteiger partial charge < -0.3 is 19.9 Å². The van der Waals surface area contributed by atoms with Crippen LogP contribution in [0.5, 0.6) is 0 Å². The highest BCUT2D eigenvalue weighted by Crippen LogP contribution is 2.34. The third-order valence-electron chi connectivity index (χ3n) is 3.75. The lowest BCUT2D eigenvalue weighted by molar-refractivity contribution is -0.116. The molecule has 14 heteroatoms. The highest BCUT2D eigenvalue weighted by atomic mass is 35.5. The van der Waals surface area contributed by atoms with Gasteiger partial charge in [0.15, 0.2) is 11.9 Å². The van der Waals surface area contributed by atoms with Crippen molar-refractivity contribution in [1.82, 2.24) is 19.5 Å². The van der Waals surface area contributed by atoms with Crippen LogP contribution >= 0.6 is 11.6 Å². The van der Waals surface area contributed by atoms with Gasteiger partial charge in [-0.2, -0.15) is 18.4 Å². The molecule has 27 heavy (non-hydrogen) atoms. The molecule has 1 aliphatic heterocycles. The first-order chi connectivity index (χ1) is 12.6. The van der Waals surface area contributed by atoms with E-state index in [0.717, 1.165) is 10.8 Å². The number of fused-ring (bicyclic) bond motifs is 1. The molecule has 0 aromatic carbocycles. The van der Waals surface area contributed by atoms with Gasteiger partial charge in [0.2, 0.25) is 11.5 Å². The number of H-pyrrole nitrogens is 1. The molecule has 0 saturated carbocycles. The second-order valence-corrected chi connectivity index (χ2v) is 7.77. The summed E-state index contributed by atoms with van der Waals surface area (Å²) in [6.07, 6.45) is -3.35. The SMILES string of the molecule is CC(=O)N=c1nc2nc[nH]c2c(Cl)n1[C@@H]1O[C@H](CO)[C@H](OS(C)(=O)=O)[C@H]1O. The Kier molecular flexibility index (Phi) is 5.33. The van der Waals surface area contributed by atoms with Gasteiger partial charge in [-0.3, -0.25) is 13.5 Å². The zero-order chi connectivity index (χ0) is 19.9. The van der Waals surface area contributed by atoms with Gasteiger partial charge in [-0.25, -0.2) is 4.98 Å². The minimum atomic E-state index is -3.96. The van der Waals surface area contributed by atoms with E-state index in [0.29, 0.717) is 0 Å². The molecular weight excluding hydrogens is 406 g/mol. The second kappa shape index (κ2) is 7.26. The van der Waals surface area contributed by atoms with Gasteiger partial charge in [-0.15, -0.1) is 0 Å². The van der Waals surface area contributed by atoms with Gasteiger partial charge in [0.25, 0.3) is 10.1 Å². The molecule has 0 bridgehead atoms. The summed E-state index contributed by atoms with van der Waals surface area (Å²) < 4.78 is 34.4. The molecule has 1 amide bonds. The predicted molar refractivity (Wildman–Crippen MR) is 89.9 cm³/mol. The fourth-order valence-corrected chi connectivity index (χ4v) is 3.68. The van der Waals surface area contributed by atoms with Crippen molar-refractivity contribution < 1.29 is 32.3 Å². The van der Waals surface area contributed by atoms with Crippen LogP contribution < -0.4 is 5.62 Å². The minimum Gasteiger partial charge on any atom is -0.394 e. The molecule has 3 N–H and O–H groups in total. The monoisotopic (exact) mass is 421 g/mol. The van der Waals surface area contributed by atoms with Crippen molar-refractivity contribution in [1.29, 1.82) is 0 Å². The summed E-state index contributed by atoms with van der Waals surface area (Å²) in [5.41, 5.74) is 0.238. The number of hydrogen-bond acceptors (Lipinski definition) is 9. The summed E-state index contributed by atoms with van der Waals surface area (Å²) in [7, 11) is -3.96. The van der Waals surface area contributed by atoms with E-state index in [4.69, 9.17) is 20.5 Å². The van der Waals surface area contributed by atoms with Crippen LogP contribution in [0.25, 0.3) is 11.2 Å². The predicted octanol–water partition coefficient (Wildman–Crippen LogP) is -1.54. The Balaban J connectivity index is 2.16. The Morgan fingerprint density at radius 3 is 2.85 bits per heavy atom. The Morgan fingerprint density at radius 2 is 2.26 bits per heavy atom. The van der Waals surface area contributed by atoms with E-state index < -0.39 is 47.2 Å². The van der Waals surface area contributed by atoms with E-state index in [9.17, 15) is 23.4 Å². The maximum Gasteiger partial charge on any atom is 0.264 e. The molecule has 0 spiro atoms. The van der Waals surface area contributed by atoms with Gasteiger partial charge in [0.05, 0.1) is 19.2 Å².